The molecule has 2 amide bonds. The van der Waals surface area contributed by atoms with Crippen LogP contribution in [0.5, 0.6) is 11.5 Å². The third-order valence-corrected chi connectivity index (χ3v) is 7.41. The average molecular weight is 503 g/mol. The van der Waals surface area contributed by atoms with Crippen LogP contribution < -0.4 is 14.8 Å². The quantitative estimate of drug-likeness (QED) is 0.556. The van der Waals surface area contributed by atoms with Crippen LogP contribution in [0.3, 0.4) is 0 Å². The Morgan fingerprint density at radius 2 is 1.83 bits per heavy atom. The Balaban J connectivity index is 1.61. The normalized spacial score (nSPS) is 24.3. The molecule has 0 spiro atoms. The van der Waals surface area contributed by atoms with Gasteiger partial charge >= 0.3 is 0 Å². The molecule has 1 saturated carbocycles. The topological polar surface area (TPSA) is 67.9 Å². The summed E-state index contributed by atoms with van der Waals surface area (Å²) in [5.41, 5.74) is 0.510. The van der Waals surface area contributed by atoms with Gasteiger partial charge in [-0.2, -0.15) is 0 Å². The van der Waals surface area contributed by atoms with Crippen LogP contribution in [-0.2, 0) is 9.59 Å². The second kappa shape index (κ2) is 11.3. The zero-order valence-electron chi connectivity index (χ0n) is 20.1. The Kier molecular flexibility index (Phi) is 8.16. The molecule has 6 nitrogen and oxygen atoms in total. The second-order valence-electron chi connectivity index (χ2n) is 9.51. The Labute approximate surface area is 210 Å². The fraction of sp³-hybridized carbons (Fsp3) is 0.481. The van der Waals surface area contributed by atoms with Crippen LogP contribution in [0, 0.1) is 17.7 Å². The van der Waals surface area contributed by atoms with Crippen molar-refractivity contribution in [2.24, 2.45) is 11.8 Å². The SMILES string of the molecule is C[C@H]1[C@H](C)CCC[C@@H]1NC(=O)[C@H](c1ccc(F)cc1)N(C[C@H]1COc2ccccc2O1)C(=O)CCl. The molecule has 1 heterocycles. The molecular formula is C27H32ClFN2O4. The van der Waals surface area contributed by atoms with Gasteiger partial charge in [-0.1, -0.05) is 51.0 Å². The molecule has 35 heavy (non-hydrogen) atoms. The molecule has 1 N–H and O–H groups in total. The lowest BCUT2D eigenvalue weighted by Gasteiger charge is -2.38. The molecule has 2 aromatic rings. The minimum Gasteiger partial charge on any atom is -0.486 e. The monoisotopic (exact) mass is 502 g/mol. The fourth-order valence-corrected chi connectivity index (χ4v) is 5.12. The van der Waals surface area contributed by atoms with Gasteiger partial charge in [0.25, 0.3) is 0 Å². The van der Waals surface area contributed by atoms with Crippen molar-refractivity contribution >= 4 is 23.4 Å². The number of nitrogens with zero attached hydrogens (tertiary/aromatic N) is 1. The van der Waals surface area contributed by atoms with E-state index in [1.165, 1.54) is 29.2 Å². The van der Waals surface area contributed by atoms with E-state index in [9.17, 15) is 14.0 Å². The summed E-state index contributed by atoms with van der Waals surface area (Å²) in [6.45, 7) is 4.65. The maximum atomic E-state index is 13.7. The van der Waals surface area contributed by atoms with Gasteiger partial charge in [0.2, 0.25) is 11.8 Å². The van der Waals surface area contributed by atoms with Crippen LogP contribution in [-0.4, -0.2) is 47.9 Å². The number of fused-ring (bicyclic) bond motifs is 1. The fourth-order valence-electron chi connectivity index (χ4n) is 4.97. The highest BCUT2D eigenvalue weighted by Gasteiger charge is 2.37. The van der Waals surface area contributed by atoms with Crippen LogP contribution in [0.4, 0.5) is 4.39 Å². The number of hydrogen-bond acceptors (Lipinski definition) is 4. The third-order valence-electron chi connectivity index (χ3n) is 7.18. The Morgan fingerprint density at radius 3 is 2.54 bits per heavy atom. The molecule has 4 rings (SSSR count). The molecule has 8 heteroatoms. The molecular weight excluding hydrogens is 471 g/mol. The first-order valence-electron chi connectivity index (χ1n) is 12.2. The lowest BCUT2D eigenvalue weighted by molar-refractivity contribution is -0.141. The van der Waals surface area contributed by atoms with Gasteiger partial charge in [-0.15, -0.1) is 11.6 Å². The van der Waals surface area contributed by atoms with Crippen molar-refractivity contribution < 1.29 is 23.5 Å². The summed E-state index contributed by atoms with van der Waals surface area (Å²) in [7, 11) is 0. The van der Waals surface area contributed by atoms with E-state index >= 15 is 0 Å². The van der Waals surface area contributed by atoms with E-state index in [2.05, 4.69) is 19.2 Å². The van der Waals surface area contributed by atoms with E-state index in [-0.39, 0.29) is 31.0 Å². The Morgan fingerprint density at radius 1 is 1.11 bits per heavy atom. The highest BCUT2D eigenvalue weighted by Crippen LogP contribution is 2.33. The maximum absolute atomic E-state index is 13.7. The van der Waals surface area contributed by atoms with Crippen molar-refractivity contribution in [1.82, 2.24) is 10.2 Å². The molecule has 1 aliphatic carbocycles. The maximum Gasteiger partial charge on any atom is 0.247 e. The minimum atomic E-state index is -0.980. The summed E-state index contributed by atoms with van der Waals surface area (Å²) in [6, 6.07) is 12.0. The van der Waals surface area contributed by atoms with E-state index in [0.717, 1.165) is 19.3 Å². The van der Waals surface area contributed by atoms with E-state index in [4.69, 9.17) is 21.1 Å². The van der Waals surface area contributed by atoms with Gasteiger partial charge < -0.3 is 19.7 Å². The number of hydrogen-bond donors (Lipinski definition) is 1. The number of amides is 2. The van der Waals surface area contributed by atoms with Crippen molar-refractivity contribution in [2.75, 3.05) is 19.0 Å². The van der Waals surface area contributed by atoms with Crippen LogP contribution in [0.1, 0.15) is 44.7 Å². The average Bonchev–Trinajstić information content (AvgIpc) is 2.87. The predicted molar refractivity (Wildman–Crippen MR) is 132 cm³/mol. The lowest BCUT2D eigenvalue weighted by Crippen LogP contribution is -2.52. The van der Waals surface area contributed by atoms with Crippen molar-refractivity contribution in [3.05, 3.63) is 59.9 Å². The number of halogens is 2. The molecule has 1 aliphatic heterocycles. The summed E-state index contributed by atoms with van der Waals surface area (Å²) in [5.74, 6) is 0.575. The Bertz CT molecular complexity index is 1030. The lowest BCUT2D eigenvalue weighted by atomic mass is 9.78. The second-order valence-corrected chi connectivity index (χ2v) is 9.78. The molecule has 2 aromatic carbocycles. The molecule has 1 fully saturated rings. The number of benzene rings is 2. The zero-order valence-corrected chi connectivity index (χ0v) is 20.8. The van der Waals surface area contributed by atoms with Gasteiger partial charge in [-0.05, 0) is 48.1 Å². The first-order chi connectivity index (χ1) is 16.9. The van der Waals surface area contributed by atoms with Gasteiger partial charge in [0.1, 0.15) is 24.3 Å². The molecule has 0 saturated heterocycles. The highest BCUT2D eigenvalue weighted by atomic mass is 35.5. The van der Waals surface area contributed by atoms with E-state index in [1.54, 1.807) is 6.07 Å². The number of rotatable bonds is 7. The summed E-state index contributed by atoms with van der Waals surface area (Å²) in [4.78, 5) is 28.2. The van der Waals surface area contributed by atoms with E-state index in [0.29, 0.717) is 28.9 Å². The number of carbonyl (C=O) groups excluding carboxylic acids is 2. The number of ether oxygens (including phenoxy) is 2. The minimum absolute atomic E-state index is 0.00305. The zero-order chi connectivity index (χ0) is 24.9. The van der Waals surface area contributed by atoms with Gasteiger partial charge in [-0.25, -0.2) is 4.39 Å². The number of para-hydroxylation sites is 2. The molecule has 0 aromatic heterocycles. The third kappa shape index (κ3) is 5.89. The summed E-state index contributed by atoms with van der Waals surface area (Å²) >= 11 is 5.99. The molecule has 0 unspecified atom stereocenters. The summed E-state index contributed by atoms with van der Waals surface area (Å²) < 4.78 is 25.6. The van der Waals surface area contributed by atoms with Crippen molar-refractivity contribution in [2.45, 2.75) is 51.3 Å². The van der Waals surface area contributed by atoms with Gasteiger partial charge in [0.15, 0.2) is 17.6 Å². The molecule has 5 atom stereocenters. The predicted octanol–water partition coefficient (Wildman–Crippen LogP) is 4.72. The van der Waals surface area contributed by atoms with Gasteiger partial charge in [-0.3, -0.25) is 9.59 Å². The smallest absolute Gasteiger partial charge is 0.247 e. The van der Waals surface area contributed by atoms with Crippen molar-refractivity contribution in [3.8, 4) is 11.5 Å². The van der Waals surface area contributed by atoms with Crippen molar-refractivity contribution in [1.29, 1.82) is 0 Å². The van der Waals surface area contributed by atoms with Gasteiger partial charge in [0.05, 0.1) is 6.54 Å². The standard InChI is InChI=1S/C27H32ClFN2O4/c1-17-6-5-7-22(18(17)2)30-27(33)26(19-10-12-20(29)13-11-19)31(25(32)14-28)15-21-16-34-23-8-3-4-9-24(23)35-21/h3-4,8-13,17-18,21-22,26H,5-7,14-16H2,1-2H3,(H,30,33)/t17-,18+,21+,22+,26+/m1/s1. The van der Waals surface area contributed by atoms with E-state index < -0.39 is 23.9 Å². The molecule has 0 radical (unpaired) electrons. The van der Waals surface area contributed by atoms with Crippen LogP contribution in [0.15, 0.2) is 48.5 Å². The number of nitrogens with one attached hydrogen (secondary N) is 1. The summed E-state index contributed by atoms with van der Waals surface area (Å²) in [6.07, 6.45) is 2.55. The number of carbonyl (C=O) groups is 2. The van der Waals surface area contributed by atoms with Crippen LogP contribution in [0.2, 0.25) is 0 Å². The molecule has 2 aliphatic rings. The van der Waals surface area contributed by atoms with E-state index in [1.807, 2.05) is 18.2 Å². The largest absolute Gasteiger partial charge is 0.486 e. The first kappa shape index (κ1) is 25.3. The van der Waals surface area contributed by atoms with Crippen LogP contribution in [0.25, 0.3) is 0 Å². The first-order valence-corrected chi connectivity index (χ1v) is 12.7. The highest BCUT2D eigenvalue weighted by molar-refractivity contribution is 6.27. The van der Waals surface area contributed by atoms with Crippen molar-refractivity contribution in [3.63, 3.8) is 0 Å². The van der Waals surface area contributed by atoms with Gasteiger partial charge in [0, 0.05) is 6.04 Å². The molecule has 188 valence electrons. The number of alkyl halides is 1. The summed E-state index contributed by atoms with van der Waals surface area (Å²) in [5, 5.41) is 3.18. The Hall–Kier alpha value is -2.80. The molecule has 0 bridgehead atoms. The van der Waals surface area contributed by atoms with Crippen LogP contribution >= 0.6 is 11.6 Å².